The number of amides is 1. The van der Waals surface area contributed by atoms with Crippen molar-refractivity contribution in [3.8, 4) is 5.75 Å². The number of carbonyl (C=O) groups is 1. The highest BCUT2D eigenvalue weighted by molar-refractivity contribution is 6.06. The number of aryl methyl sites for hydroxylation is 1. The fraction of sp³-hybridized carbons (Fsp3) is 0.125. The fourth-order valence-electron chi connectivity index (χ4n) is 3.94. The van der Waals surface area contributed by atoms with E-state index in [0.717, 1.165) is 27.5 Å². The molecule has 0 radical (unpaired) electrons. The van der Waals surface area contributed by atoms with E-state index >= 15 is 0 Å². The maximum Gasteiger partial charge on any atom is 0.271 e. The fourth-order valence-corrected chi connectivity index (χ4v) is 3.94. The summed E-state index contributed by atoms with van der Waals surface area (Å²) in [6.45, 7) is 0.361. The van der Waals surface area contributed by atoms with E-state index in [1.165, 1.54) is 25.3 Å². The van der Waals surface area contributed by atoms with Gasteiger partial charge in [0.2, 0.25) is 5.91 Å². The van der Waals surface area contributed by atoms with Crippen LogP contribution in [0.5, 0.6) is 5.75 Å². The van der Waals surface area contributed by atoms with Gasteiger partial charge in [0.25, 0.3) is 5.69 Å². The third-order valence-corrected chi connectivity index (χ3v) is 5.49. The third kappa shape index (κ3) is 3.69. The number of non-ortho nitro benzene ring substituents is 1. The third-order valence-electron chi connectivity index (χ3n) is 5.49. The number of nitrogens with one attached hydrogen (secondary N) is 1. The van der Waals surface area contributed by atoms with Gasteiger partial charge in [0.05, 0.1) is 34.3 Å². The van der Waals surface area contributed by atoms with Gasteiger partial charge in [0, 0.05) is 30.5 Å². The second kappa shape index (κ2) is 8.19. The van der Waals surface area contributed by atoms with Crippen molar-refractivity contribution in [1.82, 2.24) is 14.5 Å². The van der Waals surface area contributed by atoms with Gasteiger partial charge >= 0.3 is 0 Å². The molecule has 0 fully saturated rings. The van der Waals surface area contributed by atoms with Crippen LogP contribution in [-0.4, -0.2) is 32.5 Å². The number of nitrogens with zero attached hydrogens (tertiary/aromatic N) is 4. The molecule has 1 amide bonds. The minimum atomic E-state index is -0.518. The number of nitro groups is 1. The van der Waals surface area contributed by atoms with Crippen molar-refractivity contribution in [2.24, 2.45) is 0 Å². The second-order valence-corrected chi connectivity index (χ2v) is 7.49. The number of benzene rings is 3. The molecular weight excluding hydrogens is 422 g/mol. The van der Waals surface area contributed by atoms with Crippen LogP contribution in [0.25, 0.3) is 33.1 Å². The summed E-state index contributed by atoms with van der Waals surface area (Å²) in [7, 11) is 1.44. The number of methoxy groups -OCH3 is 1. The van der Waals surface area contributed by atoms with Crippen LogP contribution in [0.2, 0.25) is 0 Å². The van der Waals surface area contributed by atoms with E-state index in [9.17, 15) is 14.9 Å². The van der Waals surface area contributed by atoms with Crippen molar-refractivity contribution in [3.63, 3.8) is 0 Å². The first-order valence-electron chi connectivity index (χ1n) is 10.3. The first kappa shape index (κ1) is 20.4. The molecular formula is C24H19N5O4. The molecule has 0 bridgehead atoms. The van der Waals surface area contributed by atoms with Crippen LogP contribution in [0, 0.1) is 10.1 Å². The second-order valence-electron chi connectivity index (χ2n) is 7.49. The zero-order chi connectivity index (χ0) is 22.9. The van der Waals surface area contributed by atoms with E-state index in [-0.39, 0.29) is 23.7 Å². The van der Waals surface area contributed by atoms with Crippen molar-refractivity contribution < 1.29 is 14.5 Å². The number of anilines is 1. The standard InChI is InChI=1S/C24H19N5O4/c1-33-21-11-10-15(29(31)32)14-19(21)25-22(30)12-13-28-20-9-5-2-6-16(20)23-24(28)27-18-8-4-3-7-17(18)26-23/h2-11,14H,12-13H2,1H3,(H,25,30). The molecule has 0 aliphatic carbocycles. The largest absolute Gasteiger partial charge is 0.495 e. The van der Waals surface area contributed by atoms with Gasteiger partial charge in [-0.1, -0.05) is 30.3 Å². The van der Waals surface area contributed by atoms with E-state index < -0.39 is 4.92 Å². The molecule has 5 rings (SSSR count). The summed E-state index contributed by atoms with van der Waals surface area (Å²) in [5.74, 6) is 0.0524. The lowest BCUT2D eigenvalue weighted by atomic mass is 10.2. The molecule has 0 aliphatic heterocycles. The number of carbonyl (C=O) groups excluding carboxylic acids is 1. The average Bonchev–Trinajstić information content (AvgIpc) is 3.13. The highest BCUT2D eigenvalue weighted by atomic mass is 16.6. The van der Waals surface area contributed by atoms with E-state index in [4.69, 9.17) is 14.7 Å². The minimum Gasteiger partial charge on any atom is -0.495 e. The van der Waals surface area contributed by atoms with Gasteiger partial charge in [-0.15, -0.1) is 0 Å². The average molecular weight is 441 g/mol. The number of ether oxygens (including phenoxy) is 1. The van der Waals surface area contributed by atoms with E-state index in [0.29, 0.717) is 17.9 Å². The maximum absolute atomic E-state index is 12.8. The molecule has 9 heteroatoms. The topological polar surface area (TPSA) is 112 Å². The summed E-state index contributed by atoms with van der Waals surface area (Å²) in [6, 6.07) is 19.6. The van der Waals surface area contributed by atoms with Gasteiger partial charge < -0.3 is 14.6 Å². The molecule has 0 unspecified atom stereocenters. The predicted octanol–water partition coefficient (Wildman–Crippen LogP) is 4.68. The Morgan fingerprint density at radius 3 is 2.55 bits per heavy atom. The maximum atomic E-state index is 12.8. The molecule has 0 saturated carbocycles. The Morgan fingerprint density at radius 1 is 1.06 bits per heavy atom. The van der Waals surface area contributed by atoms with Crippen LogP contribution in [0.1, 0.15) is 6.42 Å². The lowest BCUT2D eigenvalue weighted by Gasteiger charge is -2.11. The number of nitro benzene ring substituents is 1. The number of hydrogen-bond acceptors (Lipinski definition) is 6. The van der Waals surface area contributed by atoms with Crippen LogP contribution in [-0.2, 0) is 11.3 Å². The van der Waals surface area contributed by atoms with Crippen LogP contribution in [0.4, 0.5) is 11.4 Å². The molecule has 1 N–H and O–H groups in total. The monoisotopic (exact) mass is 441 g/mol. The number of fused-ring (bicyclic) bond motifs is 4. The Kier molecular flexibility index (Phi) is 5.06. The van der Waals surface area contributed by atoms with E-state index in [2.05, 4.69) is 5.32 Å². The summed E-state index contributed by atoms with van der Waals surface area (Å²) in [5.41, 5.74) is 4.13. The minimum absolute atomic E-state index is 0.129. The molecule has 164 valence electrons. The van der Waals surface area contributed by atoms with E-state index in [1.54, 1.807) is 0 Å². The molecule has 0 spiro atoms. The summed E-state index contributed by atoms with van der Waals surface area (Å²) in [6.07, 6.45) is 0.133. The van der Waals surface area contributed by atoms with Gasteiger partial charge in [-0.3, -0.25) is 14.9 Å². The molecule has 0 atom stereocenters. The van der Waals surface area contributed by atoms with Crippen LogP contribution >= 0.6 is 0 Å². The lowest BCUT2D eigenvalue weighted by molar-refractivity contribution is -0.384. The first-order valence-corrected chi connectivity index (χ1v) is 10.3. The Labute approximate surface area is 187 Å². The van der Waals surface area contributed by atoms with Crippen LogP contribution in [0.3, 0.4) is 0 Å². The Hall–Kier alpha value is -4.53. The van der Waals surface area contributed by atoms with Crippen molar-refractivity contribution in [3.05, 3.63) is 76.8 Å². The van der Waals surface area contributed by atoms with Crippen molar-refractivity contribution in [1.29, 1.82) is 0 Å². The van der Waals surface area contributed by atoms with Gasteiger partial charge in [0.1, 0.15) is 11.3 Å². The number of rotatable bonds is 6. The first-order chi connectivity index (χ1) is 16.0. The van der Waals surface area contributed by atoms with Gasteiger partial charge in [0.15, 0.2) is 5.65 Å². The number of hydrogen-bond donors (Lipinski definition) is 1. The molecule has 5 aromatic rings. The molecule has 9 nitrogen and oxygen atoms in total. The molecule has 3 aromatic carbocycles. The molecule has 0 aliphatic rings. The molecule has 33 heavy (non-hydrogen) atoms. The zero-order valence-corrected chi connectivity index (χ0v) is 17.7. The van der Waals surface area contributed by atoms with Crippen molar-refractivity contribution >= 4 is 50.4 Å². The number of aromatic nitrogens is 3. The number of para-hydroxylation sites is 3. The Morgan fingerprint density at radius 2 is 1.79 bits per heavy atom. The van der Waals surface area contributed by atoms with Gasteiger partial charge in [-0.2, -0.15) is 0 Å². The molecule has 2 heterocycles. The SMILES string of the molecule is COc1ccc([N+](=O)[O-])cc1NC(=O)CCn1c2ccccc2c2nc3ccccc3nc21. The van der Waals surface area contributed by atoms with Crippen LogP contribution < -0.4 is 10.1 Å². The Bertz CT molecular complexity index is 1540. The lowest BCUT2D eigenvalue weighted by Crippen LogP contribution is -2.15. The van der Waals surface area contributed by atoms with Crippen molar-refractivity contribution in [2.75, 3.05) is 12.4 Å². The molecule has 0 saturated heterocycles. The summed E-state index contributed by atoms with van der Waals surface area (Å²) < 4.78 is 7.21. The Balaban J connectivity index is 1.47. The van der Waals surface area contributed by atoms with Gasteiger partial charge in [-0.25, -0.2) is 9.97 Å². The predicted molar refractivity (Wildman–Crippen MR) is 125 cm³/mol. The van der Waals surface area contributed by atoms with E-state index in [1.807, 2.05) is 53.1 Å². The van der Waals surface area contributed by atoms with Gasteiger partial charge in [-0.05, 0) is 24.3 Å². The highest BCUT2D eigenvalue weighted by Crippen LogP contribution is 2.30. The summed E-state index contributed by atoms with van der Waals surface area (Å²) in [4.78, 5) is 33.0. The quantitative estimate of drug-likeness (QED) is 0.302. The zero-order valence-electron chi connectivity index (χ0n) is 17.7. The van der Waals surface area contributed by atoms with Crippen molar-refractivity contribution in [2.45, 2.75) is 13.0 Å². The smallest absolute Gasteiger partial charge is 0.271 e. The summed E-state index contributed by atoms with van der Waals surface area (Å²) >= 11 is 0. The summed E-state index contributed by atoms with van der Waals surface area (Å²) in [5, 5.41) is 14.8. The molecule has 2 aromatic heterocycles. The van der Waals surface area contributed by atoms with Crippen LogP contribution in [0.15, 0.2) is 66.7 Å². The highest BCUT2D eigenvalue weighted by Gasteiger charge is 2.17. The normalized spacial score (nSPS) is 11.2.